The molecule has 1 aliphatic rings. The summed E-state index contributed by atoms with van der Waals surface area (Å²) in [5, 5.41) is 5.74. The van der Waals surface area contributed by atoms with E-state index in [1.165, 1.54) is 22.3 Å². The molecule has 1 aliphatic carbocycles. The van der Waals surface area contributed by atoms with Crippen molar-refractivity contribution in [1.29, 1.82) is 0 Å². The zero-order valence-electron chi connectivity index (χ0n) is 8.59. The van der Waals surface area contributed by atoms with Gasteiger partial charge in [0.05, 0.1) is 0 Å². The lowest BCUT2D eigenvalue weighted by atomic mass is 10.2. The van der Waals surface area contributed by atoms with Gasteiger partial charge in [0.25, 0.3) is 0 Å². The van der Waals surface area contributed by atoms with Gasteiger partial charge in [-0.1, -0.05) is 6.92 Å². The van der Waals surface area contributed by atoms with Gasteiger partial charge in [-0.2, -0.15) is 0 Å². The molecule has 1 aromatic heterocycles. The van der Waals surface area contributed by atoms with Crippen LogP contribution in [0.5, 0.6) is 0 Å². The highest BCUT2D eigenvalue weighted by molar-refractivity contribution is 9.10. The summed E-state index contributed by atoms with van der Waals surface area (Å²) in [5.41, 5.74) is 0. The normalized spacial score (nSPS) is 27.6. The Labute approximate surface area is 98.0 Å². The highest BCUT2D eigenvalue weighted by atomic mass is 79.9. The second-order valence-electron chi connectivity index (χ2n) is 4.27. The van der Waals surface area contributed by atoms with Crippen LogP contribution in [0.25, 0.3) is 0 Å². The number of hydrogen-bond donors (Lipinski definition) is 1. The van der Waals surface area contributed by atoms with Crippen molar-refractivity contribution < 1.29 is 0 Å². The molecule has 0 bridgehead atoms. The summed E-state index contributed by atoms with van der Waals surface area (Å²) >= 11 is 5.31. The Kier molecular flexibility index (Phi) is 3.30. The van der Waals surface area contributed by atoms with Crippen LogP contribution in [0.1, 0.15) is 31.2 Å². The van der Waals surface area contributed by atoms with Gasteiger partial charge in [0.2, 0.25) is 0 Å². The van der Waals surface area contributed by atoms with Crippen LogP contribution in [-0.4, -0.2) is 6.54 Å². The largest absolute Gasteiger partial charge is 0.309 e. The third-order valence-electron chi connectivity index (χ3n) is 2.98. The molecule has 0 radical (unpaired) electrons. The lowest BCUT2D eigenvalue weighted by Crippen LogP contribution is -2.20. The second-order valence-corrected chi connectivity index (χ2v) is 6.13. The van der Waals surface area contributed by atoms with Gasteiger partial charge in [0.15, 0.2) is 0 Å². The van der Waals surface area contributed by atoms with E-state index in [0.29, 0.717) is 6.04 Å². The number of hydrogen-bond acceptors (Lipinski definition) is 2. The van der Waals surface area contributed by atoms with Crippen molar-refractivity contribution in [1.82, 2.24) is 5.32 Å². The number of nitrogens with one attached hydrogen (secondary N) is 1. The van der Waals surface area contributed by atoms with E-state index in [4.69, 9.17) is 0 Å². The predicted octanol–water partition coefficient (Wildman–Crippen LogP) is 3.82. The van der Waals surface area contributed by atoms with Gasteiger partial charge in [0.1, 0.15) is 0 Å². The van der Waals surface area contributed by atoms with Crippen molar-refractivity contribution in [2.45, 2.75) is 26.3 Å². The first kappa shape index (κ1) is 10.7. The van der Waals surface area contributed by atoms with Crippen molar-refractivity contribution in [2.24, 2.45) is 11.8 Å². The molecule has 3 unspecified atom stereocenters. The van der Waals surface area contributed by atoms with Gasteiger partial charge in [-0.15, -0.1) is 11.3 Å². The van der Waals surface area contributed by atoms with Gasteiger partial charge < -0.3 is 5.32 Å². The first-order valence-corrected chi connectivity index (χ1v) is 6.81. The van der Waals surface area contributed by atoms with Gasteiger partial charge >= 0.3 is 0 Å². The fourth-order valence-corrected chi connectivity index (χ4v) is 3.15. The Morgan fingerprint density at radius 1 is 1.71 bits per heavy atom. The van der Waals surface area contributed by atoms with Crippen LogP contribution >= 0.6 is 27.3 Å². The van der Waals surface area contributed by atoms with Crippen LogP contribution in [0.3, 0.4) is 0 Å². The topological polar surface area (TPSA) is 12.0 Å². The van der Waals surface area contributed by atoms with E-state index in [2.05, 4.69) is 46.5 Å². The van der Waals surface area contributed by atoms with Gasteiger partial charge in [-0.3, -0.25) is 0 Å². The van der Waals surface area contributed by atoms with Crippen molar-refractivity contribution >= 4 is 27.3 Å². The second kappa shape index (κ2) is 4.33. The highest BCUT2D eigenvalue weighted by Gasteiger charge is 2.32. The van der Waals surface area contributed by atoms with Crippen LogP contribution < -0.4 is 5.32 Å². The molecule has 0 aliphatic heterocycles. The maximum Gasteiger partial charge on any atom is 0.0386 e. The van der Waals surface area contributed by atoms with E-state index < -0.39 is 0 Å². The Balaban J connectivity index is 1.80. The predicted molar refractivity (Wildman–Crippen MR) is 65.7 cm³/mol. The molecule has 3 atom stereocenters. The molecule has 0 saturated heterocycles. The van der Waals surface area contributed by atoms with Gasteiger partial charge in [-0.25, -0.2) is 0 Å². The minimum Gasteiger partial charge on any atom is -0.309 e. The van der Waals surface area contributed by atoms with Crippen LogP contribution in [0.2, 0.25) is 0 Å². The van der Waals surface area contributed by atoms with Crippen molar-refractivity contribution in [3.05, 3.63) is 20.8 Å². The summed E-state index contributed by atoms with van der Waals surface area (Å²) in [7, 11) is 0. The Morgan fingerprint density at radius 2 is 2.43 bits per heavy atom. The molecule has 0 aromatic carbocycles. The van der Waals surface area contributed by atoms with Crippen LogP contribution in [-0.2, 0) is 0 Å². The van der Waals surface area contributed by atoms with Crippen molar-refractivity contribution in [2.75, 3.05) is 6.54 Å². The van der Waals surface area contributed by atoms with Crippen LogP contribution in [0.4, 0.5) is 0 Å². The Bertz CT molecular complexity index is 310. The fraction of sp³-hybridized carbons (Fsp3) is 0.636. The molecular weight excluding hydrogens is 258 g/mol. The smallest absolute Gasteiger partial charge is 0.0386 e. The fourth-order valence-electron chi connectivity index (χ4n) is 1.67. The molecule has 1 aromatic rings. The summed E-state index contributed by atoms with van der Waals surface area (Å²) in [5.74, 6) is 1.88. The summed E-state index contributed by atoms with van der Waals surface area (Å²) in [4.78, 5) is 1.42. The molecule has 1 heterocycles. The van der Waals surface area contributed by atoms with Crippen LogP contribution in [0.15, 0.2) is 15.9 Å². The first-order valence-electron chi connectivity index (χ1n) is 5.14. The summed E-state index contributed by atoms with van der Waals surface area (Å²) < 4.78 is 1.20. The SMILES string of the molecule is CC(NCC1CC1C)c1cc(Br)cs1. The van der Waals surface area contributed by atoms with E-state index in [1.54, 1.807) is 0 Å². The Hall–Kier alpha value is 0.140. The number of halogens is 1. The first-order chi connectivity index (χ1) is 6.66. The number of thiophene rings is 1. The molecule has 1 N–H and O–H groups in total. The zero-order chi connectivity index (χ0) is 10.1. The van der Waals surface area contributed by atoms with E-state index in [0.717, 1.165) is 11.8 Å². The molecular formula is C11H16BrNS. The third kappa shape index (κ3) is 2.59. The summed E-state index contributed by atoms with van der Waals surface area (Å²) in [6.45, 7) is 5.75. The van der Waals surface area contributed by atoms with Gasteiger partial charge in [0, 0.05) is 20.8 Å². The van der Waals surface area contributed by atoms with Crippen molar-refractivity contribution in [3.8, 4) is 0 Å². The zero-order valence-corrected chi connectivity index (χ0v) is 11.0. The lowest BCUT2D eigenvalue weighted by Gasteiger charge is -2.11. The molecule has 0 spiro atoms. The highest BCUT2D eigenvalue weighted by Crippen LogP contribution is 2.37. The van der Waals surface area contributed by atoms with Gasteiger partial charge in [-0.05, 0) is 53.7 Å². The minimum atomic E-state index is 0.499. The maximum atomic E-state index is 3.59. The van der Waals surface area contributed by atoms with E-state index in [9.17, 15) is 0 Å². The standard InChI is InChI=1S/C11H16BrNS/c1-7-3-9(7)5-13-8(2)11-4-10(12)6-14-11/h4,6-9,13H,3,5H2,1-2H3. The average molecular weight is 274 g/mol. The molecule has 14 heavy (non-hydrogen) atoms. The van der Waals surface area contributed by atoms with E-state index >= 15 is 0 Å². The van der Waals surface area contributed by atoms with Crippen molar-refractivity contribution in [3.63, 3.8) is 0 Å². The lowest BCUT2D eigenvalue weighted by molar-refractivity contribution is 0.541. The molecule has 1 fully saturated rings. The average Bonchev–Trinajstić information content (AvgIpc) is 2.66. The van der Waals surface area contributed by atoms with E-state index in [-0.39, 0.29) is 0 Å². The monoisotopic (exact) mass is 273 g/mol. The third-order valence-corrected chi connectivity index (χ3v) is 4.85. The summed E-state index contributed by atoms with van der Waals surface area (Å²) in [6.07, 6.45) is 1.41. The molecule has 0 amide bonds. The minimum absolute atomic E-state index is 0.499. The number of rotatable bonds is 4. The van der Waals surface area contributed by atoms with E-state index in [1.807, 2.05) is 11.3 Å². The van der Waals surface area contributed by atoms with Crippen LogP contribution in [0, 0.1) is 11.8 Å². The molecule has 2 rings (SSSR count). The maximum absolute atomic E-state index is 3.59. The molecule has 1 saturated carbocycles. The molecule has 1 nitrogen and oxygen atoms in total. The summed E-state index contributed by atoms with van der Waals surface area (Å²) in [6, 6.07) is 2.71. The quantitative estimate of drug-likeness (QED) is 0.880. The Morgan fingerprint density at radius 3 is 2.93 bits per heavy atom. The molecule has 3 heteroatoms. The molecule has 78 valence electrons.